The highest BCUT2D eigenvalue weighted by atomic mass is 16.5. The van der Waals surface area contributed by atoms with Crippen molar-refractivity contribution >= 4 is 12.0 Å². The van der Waals surface area contributed by atoms with Gasteiger partial charge in [-0.15, -0.1) is 0 Å². The minimum Gasteiger partial charge on any atom is -0.464 e. The molecular weight excluding hydrogens is 244 g/mol. The third-order valence-corrected chi connectivity index (χ3v) is 3.10. The smallest absolute Gasteiger partial charge is 0.318 e. The molecule has 0 aliphatic carbocycles. The van der Waals surface area contributed by atoms with Crippen LogP contribution in [0.1, 0.15) is 24.9 Å². The molecule has 5 heteroatoms. The zero-order valence-corrected chi connectivity index (χ0v) is 11.0. The van der Waals surface area contributed by atoms with Crippen molar-refractivity contribution < 1.29 is 14.3 Å². The van der Waals surface area contributed by atoms with Crippen molar-refractivity contribution in [2.75, 3.05) is 19.7 Å². The van der Waals surface area contributed by atoms with Gasteiger partial charge in [0.05, 0.1) is 12.6 Å². The molecule has 1 saturated heterocycles. The van der Waals surface area contributed by atoms with Gasteiger partial charge in [-0.1, -0.05) is 37.3 Å². The molecule has 2 rings (SSSR count). The van der Waals surface area contributed by atoms with Crippen LogP contribution in [0.4, 0.5) is 4.79 Å². The molecule has 0 aromatic heterocycles. The van der Waals surface area contributed by atoms with Crippen molar-refractivity contribution in [2.45, 2.75) is 19.4 Å². The first-order valence-electron chi connectivity index (χ1n) is 6.46. The summed E-state index contributed by atoms with van der Waals surface area (Å²) < 4.78 is 4.98. The lowest BCUT2D eigenvalue weighted by Gasteiger charge is -2.14. The Hall–Kier alpha value is -2.04. The molecule has 5 nitrogen and oxygen atoms in total. The van der Waals surface area contributed by atoms with E-state index in [1.54, 1.807) is 11.8 Å². The van der Waals surface area contributed by atoms with Crippen LogP contribution in [0.15, 0.2) is 30.3 Å². The second kappa shape index (κ2) is 6.22. The highest BCUT2D eigenvalue weighted by molar-refractivity contribution is 5.77. The molecule has 2 amide bonds. The molecule has 19 heavy (non-hydrogen) atoms. The average Bonchev–Trinajstić information content (AvgIpc) is 2.81. The van der Waals surface area contributed by atoms with Gasteiger partial charge in [-0.05, 0) is 5.56 Å². The fourth-order valence-electron chi connectivity index (χ4n) is 2.03. The van der Waals surface area contributed by atoms with Crippen molar-refractivity contribution in [1.82, 2.24) is 10.2 Å². The summed E-state index contributed by atoms with van der Waals surface area (Å²) in [7, 11) is 0. The van der Waals surface area contributed by atoms with Crippen molar-refractivity contribution in [3.05, 3.63) is 35.9 Å². The summed E-state index contributed by atoms with van der Waals surface area (Å²) in [5.74, 6) is -0.237. The molecule has 1 atom stereocenters. The summed E-state index contributed by atoms with van der Waals surface area (Å²) in [5.41, 5.74) is 1.09. The van der Waals surface area contributed by atoms with Crippen LogP contribution in [0.3, 0.4) is 0 Å². The van der Waals surface area contributed by atoms with Gasteiger partial charge in [-0.2, -0.15) is 0 Å². The summed E-state index contributed by atoms with van der Waals surface area (Å²) in [6.07, 6.45) is 0.360. The van der Waals surface area contributed by atoms with Crippen LogP contribution in [-0.2, 0) is 9.53 Å². The number of esters is 1. The van der Waals surface area contributed by atoms with Crippen molar-refractivity contribution in [3.8, 4) is 0 Å². The number of amides is 2. The quantitative estimate of drug-likeness (QED) is 0.822. The lowest BCUT2D eigenvalue weighted by atomic mass is 10.1. The Labute approximate surface area is 112 Å². The van der Waals surface area contributed by atoms with Gasteiger partial charge in [-0.3, -0.25) is 4.79 Å². The maximum Gasteiger partial charge on any atom is 0.318 e. The monoisotopic (exact) mass is 262 g/mol. The zero-order valence-electron chi connectivity index (χ0n) is 11.0. The lowest BCUT2D eigenvalue weighted by Crippen LogP contribution is -2.31. The summed E-state index contributed by atoms with van der Waals surface area (Å²) in [5, 5.41) is 2.92. The van der Waals surface area contributed by atoms with E-state index >= 15 is 0 Å². The van der Waals surface area contributed by atoms with Crippen LogP contribution in [0, 0.1) is 0 Å². The number of benzene rings is 1. The topological polar surface area (TPSA) is 58.6 Å². The first-order chi connectivity index (χ1) is 9.20. The van der Waals surface area contributed by atoms with Gasteiger partial charge in [0.1, 0.15) is 6.61 Å². The van der Waals surface area contributed by atoms with Crippen molar-refractivity contribution in [1.29, 1.82) is 0 Å². The number of urea groups is 1. The summed E-state index contributed by atoms with van der Waals surface area (Å²) >= 11 is 0. The molecule has 0 bridgehead atoms. The Bertz CT molecular complexity index is 447. The maximum absolute atomic E-state index is 11.8. The molecule has 0 spiro atoms. The van der Waals surface area contributed by atoms with E-state index in [1.165, 1.54) is 0 Å². The average molecular weight is 262 g/mol. The summed E-state index contributed by atoms with van der Waals surface area (Å²) in [6.45, 7) is 3.03. The van der Waals surface area contributed by atoms with Crippen molar-refractivity contribution in [2.24, 2.45) is 0 Å². The van der Waals surface area contributed by atoms with Crippen LogP contribution in [-0.4, -0.2) is 36.6 Å². The SMILES string of the molecule is CCC(=O)OCCN1CC(c2ccccc2)NC1=O. The maximum atomic E-state index is 11.8. The lowest BCUT2D eigenvalue weighted by molar-refractivity contribution is -0.143. The molecule has 1 aromatic rings. The van der Waals surface area contributed by atoms with Gasteiger partial charge < -0.3 is 15.0 Å². The highest BCUT2D eigenvalue weighted by Crippen LogP contribution is 2.19. The largest absolute Gasteiger partial charge is 0.464 e. The number of rotatable bonds is 5. The molecular formula is C14H18N2O3. The molecule has 0 saturated carbocycles. The highest BCUT2D eigenvalue weighted by Gasteiger charge is 2.29. The first-order valence-corrected chi connectivity index (χ1v) is 6.46. The molecule has 1 fully saturated rings. The van der Waals surface area contributed by atoms with Gasteiger partial charge in [0.2, 0.25) is 0 Å². The molecule has 102 valence electrons. The zero-order chi connectivity index (χ0) is 13.7. The fourth-order valence-corrected chi connectivity index (χ4v) is 2.03. The van der Waals surface area contributed by atoms with Gasteiger partial charge in [0.15, 0.2) is 0 Å². The predicted molar refractivity (Wildman–Crippen MR) is 70.5 cm³/mol. The van der Waals surface area contributed by atoms with E-state index in [9.17, 15) is 9.59 Å². The van der Waals surface area contributed by atoms with E-state index in [2.05, 4.69) is 5.32 Å². The Kier molecular flexibility index (Phi) is 4.39. The normalized spacial score (nSPS) is 18.3. The molecule has 1 unspecified atom stereocenters. The molecule has 1 heterocycles. The van der Waals surface area contributed by atoms with Crippen LogP contribution < -0.4 is 5.32 Å². The van der Waals surface area contributed by atoms with Crippen LogP contribution in [0.5, 0.6) is 0 Å². The number of hydrogen-bond donors (Lipinski definition) is 1. The van der Waals surface area contributed by atoms with Crippen molar-refractivity contribution in [3.63, 3.8) is 0 Å². The number of carbonyl (C=O) groups excluding carboxylic acids is 2. The Balaban J connectivity index is 1.84. The van der Waals surface area contributed by atoms with E-state index in [0.29, 0.717) is 19.5 Å². The second-order valence-electron chi connectivity index (χ2n) is 4.43. The number of nitrogens with zero attached hydrogens (tertiary/aromatic N) is 1. The summed E-state index contributed by atoms with van der Waals surface area (Å²) in [6, 6.07) is 9.73. The minimum atomic E-state index is -0.237. The standard InChI is InChI=1S/C14H18N2O3/c1-2-13(17)19-9-8-16-10-12(15-14(16)18)11-6-4-3-5-7-11/h3-7,12H,2,8-10H2,1H3,(H,15,18). The predicted octanol–water partition coefficient (Wildman–Crippen LogP) is 1.71. The molecule has 1 aliphatic rings. The Morgan fingerprint density at radius 3 is 2.84 bits per heavy atom. The number of ether oxygens (including phenoxy) is 1. The number of hydrogen-bond acceptors (Lipinski definition) is 3. The molecule has 1 aromatic carbocycles. The van der Waals surface area contributed by atoms with E-state index in [0.717, 1.165) is 5.56 Å². The van der Waals surface area contributed by atoms with Crippen LogP contribution in [0.2, 0.25) is 0 Å². The minimum absolute atomic E-state index is 0.00979. The Morgan fingerprint density at radius 1 is 1.42 bits per heavy atom. The van der Waals surface area contributed by atoms with Crippen LogP contribution in [0.25, 0.3) is 0 Å². The molecule has 1 aliphatic heterocycles. The number of nitrogens with one attached hydrogen (secondary N) is 1. The van der Waals surface area contributed by atoms with E-state index in [4.69, 9.17) is 4.74 Å². The third-order valence-electron chi connectivity index (χ3n) is 3.10. The van der Waals surface area contributed by atoms with Gasteiger partial charge >= 0.3 is 12.0 Å². The molecule has 1 N–H and O–H groups in total. The fraction of sp³-hybridized carbons (Fsp3) is 0.429. The van der Waals surface area contributed by atoms with Gasteiger partial charge in [0.25, 0.3) is 0 Å². The van der Waals surface area contributed by atoms with Crippen LogP contribution >= 0.6 is 0 Å². The van der Waals surface area contributed by atoms with E-state index in [-0.39, 0.29) is 24.6 Å². The van der Waals surface area contributed by atoms with Gasteiger partial charge in [-0.25, -0.2) is 4.79 Å². The van der Waals surface area contributed by atoms with E-state index in [1.807, 2.05) is 30.3 Å². The third kappa shape index (κ3) is 3.47. The molecule has 0 radical (unpaired) electrons. The van der Waals surface area contributed by atoms with E-state index < -0.39 is 0 Å². The Morgan fingerprint density at radius 2 is 2.16 bits per heavy atom. The summed E-state index contributed by atoms with van der Waals surface area (Å²) in [4.78, 5) is 24.5. The first kappa shape index (κ1) is 13.4. The van der Waals surface area contributed by atoms with Gasteiger partial charge in [0, 0.05) is 13.0 Å². The second-order valence-corrected chi connectivity index (χ2v) is 4.43. The number of carbonyl (C=O) groups is 2.